The van der Waals surface area contributed by atoms with Crippen LogP contribution < -0.4 is 20.1 Å². The SMILES string of the molecule is C=CC(=O)N1CCN(c2nc(=O)n3c4nc(c(Cl)cc24)-c2c(F)ccc(F)c2OCCOc2ccnc(C(C)C)c2-3)[C@@H](C)C1. The Balaban J connectivity index is 1.70. The second-order valence-electron chi connectivity index (χ2n) is 10.9. The van der Waals surface area contributed by atoms with Gasteiger partial charge >= 0.3 is 5.69 Å². The highest BCUT2D eigenvalue weighted by molar-refractivity contribution is 6.34. The van der Waals surface area contributed by atoms with Gasteiger partial charge in [-0.25, -0.2) is 23.1 Å². The van der Waals surface area contributed by atoms with Crippen LogP contribution in [0, 0.1) is 11.6 Å². The number of aromatic nitrogens is 4. The van der Waals surface area contributed by atoms with Crippen molar-refractivity contribution in [3.05, 3.63) is 76.0 Å². The third kappa shape index (κ3) is 4.92. The van der Waals surface area contributed by atoms with Crippen LogP contribution in [0.1, 0.15) is 32.4 Å². The Morgan fingerprint density at radius 3 is 2.61 bits per heavy atom. The van der Waals surface area contributed by atoms with Crippen molar-refractivity contribution in [2.45, 2.75) is 32.7 Å². The number of hydrogen-bond donors (Lipinski definition) is 0. The molecule has 0 radical (unpaired) electrons. The van der Waals surface area contributed by atoms with Gasteiger partial charge in [0, 0.05) is 37.9 Å². The van der Waals surface area contributed by atoms with Crippen molar-refractivity contribution in [3.63, 3.8) is 0 Å². The van der Waals surface area contributed by atoms with Crippen LogP contribution in [-0.2, 0) is 4.79 Å². The number of nitrogens with zero attached hydrogens (tertiary/aromatic N) is 6. The van der Waals surface area contributed by atoms with Crippen LogP contribution in [-0.4, -0.2) is 69.2 Å². The molecule has 0 aliphatic carbocycles. The Bertz CT molecular complexity index is 1880. The lowest BCUT2D eigenvalue weighted by Crippen LogP contribution is -2.54. The van der Waals surface area contributed by atoms with Gasteiger partial charge in [0.05, 0.1) is 27.4 Å². The molecule has 1 amide bonds. The van der Waals surface area contributed by atoms with E-state index in [0.29, 0.717) is 48.0 Å². The molecule has 5 heterocycles. The first-order valence-corrected chi connectivity index (χ1v) is 14.5. The van der Waals surface area contributed by atoms with E-state index in [2.05, 4.69) is 16.5 Å². The summed E-state index contributed by atoms with van der Waals surface area (Å²) in [6.07, 6.45) is 2.84. The average Bonchev–Trinajstić information content (AvgIpc) is 2.99. The number of fused-ring (bicyclic) bond motifs is 5. The minimum absolute atomic E-state index is 0.00275. The minimum Gasteiger partial charge on any atom is -0.488 e. The quantitative estimate of drug-likeness (QED) is 0.298. The molecular formula is C31H29ClF2N6O4. The fourth-order valence-electron chi connectivity index (χ4n) is 5.71. The number of carbonyl (C=O) groups excluding carboxylic acids is 1. The largest absolute Gasteiger partial charge is 0.488 e. The summed E-state index contributed by atoms with van der Waals surface area (Å²) in [6.45, 7) is 10.2. The van der Waals surface area contributed by atoms with Crippen molar-refractivity contribution in [1.82, 2.24) is 24.4 Å². The molecule has 1 saturated heterocycles. The predicted octanol–water partition coefficient (Wildman–Crippen LogP) is 4.89. The van der Waals surface area contributed by atoms with Crippen LogP contribution in [0.25, 0.3) is 28.0 Å². The standard InChI is InChI=1S/C31H29ClF2N6O4/c1-5-23(41)38-10-11-39(17(4)15-38)29-18-14-19(32)26-24-20(33)6-7-21(34)28(24)44-13-12-43-22-8-9-35-25(16(2)3)27(22)40(30(18)36-26)31(42)37-29/h5-9,14,16-17H,1,10-13,15H2,2-4H3/t17-/m0/s1. The van der Waals surface area contributed by atoms with Crippen LogP contribution in [0.5, 0.6) is 11.5 Å². The second kappa shape index (κ2) is 11.5. The number of pyridine rings is 2. The Morgan fingerprint density at radius 1 is 1.14 bits per heavy atom. The number of benzene rings is 1. The molecule has 0 spiro atoms. The molecule has 0 N–H and O–H groups in total. The maximum Gasteiger partial charge on any atom is 0.356 e. The number of rotatable bonds is 3. The van der Waals surface area contributed by atoms with Crippen LogP contribution in [0.4, 0.5) is 14.6 Å². The lowest BCUT2D eigenvalue weighted by atomic mass is 10.1. The van der Waals surface area contributed by atoms with E-state index in [0.717, 1.165) is 12.1 Å². The first kappa shape index (κ1) is 29.5. The van der Waals surface area contributed by atoms with Crippen LogP contribution in [0.15, 0.2) is 47.9 Å². The number of hydrogen-bond acceptors (Lipinski definition) is 8. The average molecular weight is 623 g/mol. The van der Waals surface area contributed by atoms with Crippen molar-refractivity contribution in [1.29, 1.82) is 0 Å². The Kier molecular flexibility index (Phi) is 7.70. The normalized spacial score (nSPS) is 16.5. The van der Waals surface area contributed by atoms with Crippen molar-refractivity contribution >= 4 is 34.4 Å². The monoisotopic (exact) mass is 622 g/mol. The molecule has 3 aromatic heterocycles. The van der Waals surface area contributed by atoms with E-state index < -0.39 is 17.3 Å². The van der Waals surface area contributed by atoms with E-state index in [1.165, 1.54) is 16.7 Å². The van der Waals surface area contributed by atoms with Gasteiger partial charge in [0.25, 0.3) is 0 Å². The van der Waals surface area contributed by atoms with E-state index in [9.17, 15) is 9.59 Å². The molecule has 1 fully saturated rings. The zero-order valence-electron chi connectivity index (χ0n) is 24.3. The fraction of sp³-hybridized carbons (Fsp3) is 0.323. The molecule has 2 aliphatic rings. The first-order valence-electron chi connectivity index (χ1n) is 14.1. The first-order chi connectivity index (χ1) is 21.1. The Morgan fingerprint density at radius 2 is 1.89 bits per heavy atom. The zero-order valence-corrected chi connectivity index (χ0v) is 25.1. The number of halogens is 3. The van der Waals surface area contributed by atoms with Crippen LogP contribution in [0.3, 0.4) is 0 Å². The highest BCUT2D eigenvalue weighted by atomic mass is 35.5. The molecule has 44 heavy (non-hydrogen) atoms. The Hall–Kier alpha value is -4.58. The summed E-state index contributed by atoms with van der Waals surface area (Å²) < 4.78 is 43.6. The van der Waals surface area contributed by atoms with Crippen LogP contribution >= 0.6 is 11.6 Å². The number of amides is 1. The van der Waals surface area contributed by atoms with Gasteiger partial charge in [-0.05, 0) is 37.1 Å². The summed E-state index contributed by atoms with van der Waals surface area (Å²) in [5.41, 5.74) is -0.116. The van der Waals surface area contributed by atoms with Crippen molar-refractivity contribution in [2.75, 3.05) is 37.7 Å². The fourth-order valence-corrected chi connectivity index (χ4v) is 5.95. The molecule has 0 saturated carbocycles. The van der Waals surface area contributed by atoms with Gasteiger partial charge in [0.1, 0.15) is 36.3 Å². The molecule has 2 aliphatic heterocycles. The highest BCUT2D eigenvalue weighted by Gasteiger charge is 2.32. The molecule has 10 nitrogen and oxygen atoms in total. The lowest BCUT2D eigenvalue weighted by molar-refractivity contribution is -0.126. The van der Waals surface area contributed by atoms with E-state index >= 15 is 8.78 Å². The van der Waals surface area contributed by atoms with Crippen molar-refractivity contribution in [3.8, 4) is 28.4 Å². The van der Waals surface area contributed by atoms with Crippen molar-refractivity contribution in [2.24, 2.45) is 0 Å². The molecule has 2 bridgehead atoms. The van der Waals surface area contributed by atoms with E-state index in [-0.39, 0.29) is 58.8 Å². The smallest absolute Gasteiger partial charge is 0.356 e. The van der Waals surface area contributed by atoms with E-state index in [1.54, 1.807) is 17.2 Å². The molecule has 13 heteroatoms. The lowest BCUT2D eigenvalue weighted by Gasteiger charge is -2.40. The summed E-state index contributed by atoms with van der Waals surface area (Å²) in [6, 6.07) is 4.84. The second-order valence-corrected chi connectivity index (χ2v) is 11.3. The number of piperazine rings is 1. The summed E-state index contributed by atoms with van der Waals surface area (Å²) in [5, 5.41) is 0.381. The maximum absolute atomic E-state index is 15.4. The summed E-state index contributed by atoms with van der Waals surface area (Å²) in [4.78, 5) is 43.8. The molecular weight excluding hydrogens is 594 g/mol. The highest BCUT2D eigenvalue weighted by Crippen LogP contribution is 2.41. The molecule has 228 valence electrons. The van der Waals surface area contributed by atoms with Crippen molar-refractivity contribution < 1.29 is 23.0 Å². The third-order valence-corrected chi connectivity index (χ3v) is 8.04. The van der Waals surface area contributed by atoms with Gasteiger partial charge in [0.2, 0.25) is 5.91 Å². The van der Waals surface area contributed by atoms with Gasteiger partial charge in [-0.1, -0.05) is 32.0 Å². The van der Waals surface area contributed by atoms with Gasteiger partial charge in [-0.3, -0.25) is 9.78 Å². The molecule has 1 atom stereocenters. The van der Waals surface area contributed by atoms with Crippen LogP contribution in [0.2, 0.25) is 5.02 Å². The number of anilines is 1. The third-order valence-electron chi connectivity index (χ3n) is 7.76. The zero-order chi connectivity index (χ0) is 31.3. The summed E-state index contributed by atoms with van der Waals surface area (Å²) in [5.74, 6) is -1.72. The topological polar surface area (TPSA) is 103 Å². The van der Waals surface area contributed by atoms with E-state index in [4.69, 9.17) is 26.1 Å². The summed E-state index contributed by atoms with van der Waals surface area (Å²) in [7, 11) is 0. The molecule has 1 aromatic carbocycles. The number of ether oxygens (including phenoxy) is 2. The van der Waals surface area contributed by atoms with Gasteiger partial charge in [-0.2, -0.15) is 4.98 Å². The maximum atomic E-state index is 15.4. The van der Waals surface area contributed by atoms with Gasteiger partial charge in [0.15, 0.2) is 17.2 Å². The summed E-state index contributed by atoms with van der Waals surface area (Å²) >= 11 is 6.79. The molecule has 4 aromatic rings. The minimum atomic E-state index is -0.809. The molecule has 0 unspecified atom stereocenters. The number of carbonyl (C=O) groups is 1. The Labute approximate surface area is 256 Å². The van der Waals surface area contributed by atoms with E-state index in [1.807, 2.05) is 25.7 Å². The molecule has 6 rings (SSSR count). The predicted molar refractivity (Wildman–Crippen MR) is 162 cm³/mol. The van der Waals surface area contributed by atoms with Gasteiger partial charge < -0.3 is 19.3 Å². The van der Waals surface area contributed by atoms with Gasteiger partial charge in [-0.15, -0.1) is 0 Å².